The number of nitrogens with one attached hydrogen (secondary N) is 1. The van der Waals surface area contributed by atoms with Gasteiger partial charge in [-0.05, 0) is 88.2 Å². The van der Waals surface area contributed by atoms with Gasteiger partial charge in [-0.25, -0.2) is 8.78 Å². The topological polar surface area (TPSA) is 153 Å². The van der Waals surface area contributed by atoms with E-state index in [4.69, 9.17) is 14.2 Å². The Bertz CT molecular complexity index is 2820. The third-order valence-electron chi connectivity index (χ3n) is 11.5. The first-order valence-electron chi connectivity index (χ1n) is 21.8. The maximum Gasteiger partial charge on any atom is 0.417 e. The van der Waals surface area contributed by atoms with E-state index in [9.17, 15) is 60.5 Å². The summed E-state index contributed by atoms with van der Waals surface area (Å²) in [7, 11) is 0. The lowest BCUT2D eigenvalue weighted by atomic mass is 9.92. The summed E-state index contributed by atoms with van der Waals surface area (Å²) in [4.78, 5) is 21.6. The fourth-order valence-electron chi connectivity index (χ4n) is 7.87. The van der Waals surface area contributed by atoms with Crippen molar-refractivity contribution in [2.24, 2.45) is 0 Å². The number of hydrogen-bond acceptors (Lipinski definition) is 10. The number of nitro groups is 2. The number of nitrogens with zero attached hydrogens (tertiary/aromatic N) is 3. The number of β-amino-alcohol motifs (C(OH)–C–C–N with tert-alkyl or cyclic N) is 1. The SMILES string of the molecule is FC(F)(F)c1ccccc1-c1ccc2c(c1)CCNC2.O=[N+]([O-])c1ccc(OCC(O)CN2CCc3cc(-c4ccccc4C(F)(F)F)ccc3C2)c(F)c1.O=[N+]([O-])c1ccc(OCC2CO2)c(F)c1. The summed E-state index contributed by atoms with van der Waals surface area (Å²) < 4.78 is 122. The quantitative estimate of drug-likeness (QED) is 0.0524. The highest BCUT2D eigenvalue weighted by atomic mass is 19.4. The number of halogens is 8. The summed E-state index contributed by atoms with van der Waals surface area (Å²) in [6.45, 7) is 3.68. The van der Waals surface area contributed by atoms with E-state index in [2.05, 4.69) is 5.32 Å². The molecule has 3 aliphatic heterocycles. The van der Waals surface area contributed by atoms with Crippen LogP contribution in [0.5, 0.6) is 11.5 Å². The van der Waals surface area contributed by atoms with E-state index in [1.165, 1.54) is 42.0 Å². The zero-order chi connectivity index (χ0) is 50.2. The van der Waals surface area contributed by atoms with Gasteiger partial charge in [0.2, 0.25) is 0 Å². The van der Waals surface area contributed by atoms with E-state index in [1.54, 1.807) is 36.4 Å². The molecule has 0 spiro atoms. The molecule has 2 atom stereocenters. The number of nitro benzene ring substituents is 2. The van der Waals surface area contributed by atoms with Crippen LogP contribution in [-0.2, 0) is 43.0 Å². The number of alkyl halides is 6. The van der Waals surface area contributed by atoms with Crippen molar-refractivity contribution >= 4 is 11.4 Å². The number of benzene rings is 6. The minimum atomic E-state index is -4.45. The summed E-state index contributed by atoms with van der Waals surface area (Å²) >= 11 is 0. The van der Waals surface area contributed by atoms with Crippen molar-refractivity contribution in [1.29, 1.82) is 0 Å². The first-order chi connectivity index (χ1) is 33.3. The Kier molecular flexibility index (Phi) is 16.1. The molecule has 2 N–H and O–H groups in total. The average Bonchev–Trinajstić information content (AvgIpc) is 4.17. The van der Waals surface area contributed by atoms with Gasteiger partial charge in [-0.2, -0.15) is 26.3 Å². The second-order valence-corrected chi connectivity index (χ2v) is 16.4. The number of ether oxygens (including phenoxy) is 3. The summed E-state index contributed by atoms with van der Waals surface area (Å²) in [5.41, 5.74) is 3.81. The van der Waals surface area contributed by atoms with Crippen LogP contribution < -0.4 is 14.8 Å². The summed E-state index contributed by atoms with van der Waals surface area (Å²) in [6, 6.07) is 28.4. The Hall–Kier alpha value is -7.00. The number of epoxide rings is 1. The first-order valence-corrected chi connectivity index (χ1v) is 21.8. The van der Waals surface area contributed by atoms with Gasteiger partial charge in [0.05, 0.1) is 39.7 Å². The van der Waals surface area contributed by atoms with Crippen molar-refractivity contribution in [3.63, 3.8) is 0 Å². The zero-order valence-electron chi connectivity index (χ0n) is 36.9. The van der Waals surface area contributed by atoms with E-state index in [0.717, 1.165) is 72.6 Å². The van der Waals surface area contributed by atoms with E-state index >= 15 is 0 Å². The molecule has 9 rings (SSSR count). The molecule has 70 heavy (non-hydrogen) atoms. The van der Waals surface area contributed by atoms with Crippen LogP contribution in [0.4, 0.5) is 46.5 Å². The van der Waals surface area contributed by atoms with Crippen LogP contribution in [0.25, 0.3) is 22.3 Å². The molecule has 6 aromatic rings. The van der Waals surface area contributed by atoms with Crippen molar-refractivity contribution in [1.82, 2.24) is 10.2 Å². The molecule has 0 radical (unpaired) electrons. The molecule has 3 heterocycles. The molecule has 2 unspecified atom stereocenters. The van der Waals surface area contributed by atoms with Crippen LogP contribution in [0.15, 0.2) is 121 Å². The van der Waals surface area contributed by atoms with Gasteiger partial charge >= 0.3 is 12.4 Å². The Morgan fingerprint density at radius 2 is 1.20 bits per heavy atom. The lowest BCUT2D eigenvalue weighted by Crippen LogP contribution is -2.38. The second kappa shape index (κ2) is 22.2. The molecule has 0 amide bonds. The van der Waals surface area contributed by atoms with Crippen LogP contribution in [0.1, 0.15) is 33.4 Å². The molecule has 20 heteroatoms. The van der Waals surface area contributed by atoms with Gasteiger partial charge in [-0.3, -0.25) is 25.1 Å². The lowest BCUT2D eigenvalue weighted by Gasteiger charge is -2.30. The molecule has 6 aromatic carbocycles. The summed E-state index contributed by atoms with van der Waals surface area (Å²) in [5.74, 6) is -1.80. The number of rotatable bonds is 12. The van der Waals surface area contributed by atoms with E-state index in [-0.39, 0.29) is 54.2 Å². The molecule has 0 saturated carbocycles. The normalized spacial score (nSPS) is 15.7. The highest BCUT2D eigenvalue weighted by Gasteiger charge is 2.35. The van der Waals surface area contributed by atoms with E-state index in [1.807, 2.05) is 17.0 Å². The molecule has 1 saturated heterocycles. The fourth-order valence-corrected chi connectivity index (χ4v) is 7.87. The smallest absolute Gasteiger partial charge is 0.417 e. The molecular formula is C50H44F8N4O8. The van der Waals surface area contributed by atoms with Crippen LogP contribution in [-0.4, -0.2) is 71.5 Å². The number of aliphatic hydroxyl groups is 1. The highest BCUT2D eigenvalue weighted by molar-refractivity contribution is 5.70. The Morgan fingerprint density at radius 3 is 1.71 bits per heavy atom. The molecular weight excluding hydrogens is 937 g/mol. The Balaban J connectivity index is 0.000000173. The van der Waals surface area contributed by atoms with Crippen LogP contribution in [0, 0.1) is 31.9 Å². The third kappa shape index (κ3) is 13.4. The standard InChI is InChI=1S/C25H22F4N2O4.C16H14F3N.C9H8FNO4/c26-23-12-19(31(33)34)7-8-24(23)35-15-20(32)14-30-10-9-16-11-17(5-6-18(16)13-30)21-3-1-2-4-22(21)25(27,28)29;17-16(18,19)15-4-2-1-3-14(15)12-5-6-13-10-20-8-7-11(13)9-12;10-8-3-6(11(12)13)1-2-9(8)15-5-7-4-14-7/h1-8,11-12,20,32H,9-10,13-15H2;1-6,9,20H,7-8,10H2;1-3,7H,4-5H2. The van der Waals surface area contributed by atoms with Crippen molar-refractivity contribution < 1.29 is 64.3 Å². The minimum absolute atomic E-state index is 0.0103. The van der Waals surface area contributed by atoms with Gasteiger partial charge < -0.3 is 24.6 Å². The number of fused-ring (bicyclic) bond motifs is 2. The zero-order valence-corrected chi connectivity index (χ0v) is 36.9. The minimum Gasteiger partial charge on any atom is -0.488 e. The third-order valence-corrected chi connectivity index (χ3v) is 11.5. The van der Waals surface area contributed by atoms with Gasteiger partial charge in [-0.15, -0.1) is 0 Å². The van der Waals surface area contributed by atoms with Gasteiger partial charge in [0.25, 0.3) is 11.4 Å². The van der Waals surface area contributed by atoms with Crippen LogP contribution >= 0.6 is 0 Å². The summed E-state index contributed by atoms with van der Waals surface area (Å²) in [6.07, 6.45) is -8.23. The number of non-ortho nitro benzene ring substituents is 2. The average molecular weight is 981 g/mol. The van der Waals surface area contributed by atoms with Gasteiger partial charge in [0.15, 0.2) is 23.1 Å². The number of aliphatic hydroxyl groups excluding tert-OH is 1. The molecule has 3 aliphatic rings. The second-order valence-electron chi connectivity index (χ2n) is 16.4. The summed E-state index contributed by atoms with van der Waals surface area (Å²) in [5, 5.41) is 34.6. The molecule has 0 bridgehead atoms. The molecule has 0 aromatic heterocycles. The predicted molar refractivity (Wildman–Crippen MR) is 241 cm³/mol. The largest absolute Gasteiger partial charge is 0.488 e. The van der Waals surface area contributed by atoms with Crippen molar-refractivity contribution in [3.05, 3.63) is 187 Å². The lowest BCUT2D eigenvalue weighted by molar-refractivity contribution is -0.385. The predicted octanol–water partition coefficient (Wildman–Crippen LogP) is 10.7. The molecule has 0 aliphatic carbocycles. The Morgan fingerprint density at radius 1 is 0.686 bits per heavy atom. The van der Waals surface area contributed by atoms with Crippen LogP contribution in [0.3, 0.4) is 0 Å². The highest BCUT2D eigenvalue weighted by Crippen LogP contribution is 2.39. The van der Waals surface area contributed by atoms with Crippen molar-refractivity contribution in [3.8, 4) is 33.8 Å². The van der Waals surface area contributed by atoms with Crippen LogP contribution in [0.2, 0.25) is 0 Å². The maximum atomic E-state index is 13.9. The first kappa shape index (κ1) is 50.9. The molecule has 1 fully saturated rings. The van der Waals surface area contributed by atoms with Crippen molar-refractivity contribution in [2.75, 3.05) is 39.5 Å². The maximum absolute atomic E-state index is 13.9. The van der Waals surface area contributed by atoms with Gasteiger partial charge in [0, 0.05) is 38.3 Å². The van der Waals surface area contributed by atoms with E-state index in [0.29, 0.717) is 37.2 Å². The monoisotopic (exact) mass is 980 g/mol. The molecule has 368 valence electrons. The van der Waals surface area contributed by atoms with Gasteiger partial charge in [-0.1, -0.05) is 72.8 Å². The fraction of sp³-hybridized carbons (Fsp3) is 0.280. The van der Waals surface area contributed by atoms with Gasteiger partial charge in [0.1, 0.15) is 25.4 Å². The van der Waals surface area contributed by atoms with E-state index < -0.39 is 56.8 Å². The Labute approximate surface area is 395 Å². The number of hydrogen-bond donors (Lipinski definition) is 2. The van der Waals surface area contributed by atoms with Crippen molar-refractivity contribution in [2.45, 2.75) is 50.5 Å². The molecule has 12 nitrogen and oxygen atoms in total.